The normalized spacial score (nSPS) is 12.2. The molecule has 0 saturated heterocycles. The summed E-state index contributed by atoms with van der Waals surface area (Å²) in [6.45, 7) is 0. The van der Waals surface area contributed by atoms with E-state index in [-0.39, 0.29) is 11.3 Å². The molecule has 0 fully saturated rings. The molecule has 7 heteroatoms. The van der Waals surface area contributed by atoms with E-state index in [2.05, 4.69) is 5.32 Å². The van der Waals surface area contributed by atoms with Crippen molar-refractivity contribution in [2.24, 2.45) is 0 Å². The van der Waals surface area contributed by atoms with Crippen LogP contribution in [0, 0.1) is 0 Å². The van der Waals surface area contributed by atoms with Gasteiger partial charge in [0.2, 0.25) is 0 Å². The number of nitrogens with one attached hydrogen (secondary N) is 1. The highest BCUT2D eigenvalue weighted by atomic mass is 32.2. The smallest absolute Gasteiger partial charge is 0.328 e. The number of carbonyl (C=O) groups is 2. The van der Waals surface area contributed by atoms with Gasteiger partial charge in [0.25, 0.3) is 5.91 Å². The lowest BCUT2D eigenvalue weighted by atomic mass is 10.0. The van der Waals surface area contributed by atoms with Crippen LogP contribution in [0.1, 0.15) is 21.5 Å². The molecule has 0 saturated carbocycles. The Balaban J connectivity index is 2.16. The fourth-order valence-corrected chi connectivity index (χ4v) is 3.32. The zero-order valence-electron chi connectivity index (χ0n) is 14.6. The maximum Gasteiger partial charge on any atom is 0.328 e. The lowest BCUT2D eigenvalue weighted by Crippen LogP contribution is -2.43. The quantitative estimate of drug-likeness (QED) is 0.745. The summed E-state index contributed by atoms with van der Waals surface area (Å²) in [5.74, 6) is -1.17. The van der Waals surface area contributed by atoms with Crippen LogP contribution in [-0.4, -0.2) is 39.7 Å². The Kier molecular flexibility index (Phi) is 6.52. The summed E-state index contributed by atoms with van der Waals surface area (Å²) in [6, 6.07) is 14.8. The Bertz CT molecular complexity index is 878. The molecular weight excluding hydrogens is 354 g/mol. The van der Waals surface area contributed by atoms with Crippen molar-refractivity contribution in [3.05, 3.63) is 71.3 Å². The molecule has 2 rings (SSSR count). The van der Waals surface area contributed by atoms with E-state index in [1.807, 2.05) is 30.3 Å². The third-order valence-electron chi connectivity index (χ3n) is 3.69. The number of benzene rings is 2. The van der Waals surface area contributed by atoms with Gasteiger partial charge in [-0.15, -0.1) is 0 Å². The number of hydrogen-bond acceptors (Lipinski definition) is 5. The van der Waals surface area contributed by atoms with E-state index in [4.69, 9.17) is 4.74 Å². The van der Waals surface area contributed by atoms with Crippen LogP contribution in [0.5, 0.6) is 0 Å². The summed E-state index contributed by atoms with van der Waals surface area (Å²) in [7, 11) is -1.94. The Labute approximate surface area is 153 Å². The first kappa shape index (κ1) is 19.7. The zero-order valence-corrected chi connectivity index (χ0v) is 15.5. The second kappa shape index (κ2) is 8.62. The van der Waals surface area contributed by atoms with Gasteiger partial charge < -0.3 is 10.1 Å². The van der Waals surface area contributed by atoms with Crippen molar-refractivity contribution in [1.82, 2.24) is 5.32 Å². The van der Waals surface area contributed by atoms with Crippen molar-refractivity contribution in [2.75, 3.05) is 13.4 Å². The maximum atomic E-state index is 12.5. The zero-order chi connectivity index (χ0) is 19.2. The molecule has 6 nitrogen and oxygen atoms in total. The Morgan fingerprint density at radius 3 is 2.31 bits per heavy atom. The number of sulfone groups is 1. The number of hydrogen-bond donors (Lipinski definition) is 1. The van der Waals surface area contributed by atoms with Crippen LogP contribution < -0.4 is 5.32 Å². The topological polar surface area (TPSA) is 89.5 Å². The van der Waals surface area contributed by atoms with E-state index in [0.29, 0.717) is 12.0 Å². The van der Waals surface area contributed by atoms with Gasteiger partial charge >= 0.3 is 5.97 Å². The van der Waals surface area contributed by atoms with Gasteiger partial charge in [0.05, 0.1) is 12.9 Å². The van der Waals surface area contributed by atoms with E-state index >= 15 is 0 Å². The minimum Gasteiger partial charge on any atom is -0.467 e. The lowest BCUT2D eigenvalue weighted by Gasteiger charge is -2.17. The van der Waals surface area contributed by atoms with Crippen LogP contribution in [0.4, 0.5) is 0 Å². The number of amides is 1. The second-order valence-corrected chi connectivity index (χ2v) is 8.15. The summed E-state index contributed by atoms with van der Waals surface area (Å²) in [6.07, 6.45) is 1.43. The van der Waals surface area contributed by atoms with Crippen molar-refractivity contribution < 1.29 is 22.7 Å². The van der Waals surface area contributed by atoms with Crippen molar-refractivity contribution in [3.8, 4) is 0 Å². The lowest BCUT2D eigenvalue weighted by molar-refractivity contribution is -0.142. The van der Waals surface area contributed by atoms with Crippen LogP contribution in [0.2, 0.25) is 0 Å². The average Bonchev–Trinajstić information content (AvgIpc) is 2.60. The summed E-state index contributed by atoms with van der Waals surface area (Å²) in [5.41, 5.74) is 1.68. The monoisotopic (exact) mass is 375 g/mol. The van der Waals surface area contributed by atoms with Crippen molar-refractivity contribution >= 4 is 21.7 Å². The molecule has 0 aliphatic rings. The molecule has 0 aliphatic heterocycles. The predicted octanol–water partition coefficient (Wildman–Crippen LogP) is 1.75. The molecule has 138 valence electrons. The van der Waals surface area contributed by atoms with E-state index in [9.17, 15) is 18.0 Å². The largest absolute Gasteiger partial charge is 0.467 e. The molecule has 26 heavy (non-hydrogen) atoms. The van der Waals surface area contributed by atoms with Crippen LogP contribution in [-0.2, 0) is 31.5 Å². The Morgan fingerprint density at radius 1 is 1.04 bits per heavy atom. The van der Waals surface area contributed by atoms with Gasteiger partial charge in [-0.1, -0.05) is 42.5 Å². The van der Waals surface area contributed by atoms with Gasteiger partial charge in [-0.25, -0.2) is 13.2 Å². The maximum absolute atomic E-state index is 12.5. The van der Waals surface area contributed by atoms with Crippen LogP contribution in [0.25, 0.3) is 0 Å². The highest BCUT2D eigenvalue weighted by molar-refractivity contribution is 7.89. The first-order chi connectivity index (χ1) is 12.3. The molecule has 0 radical (unpaired) electrons. The van der Waals surface area contributed by atoms with E-state index < -0.39 is 27.8 Å². The van der Waals surface area contributed by atoms with E-state index in [1.165, 1.54) is 13.2 Å². The van der Waals surface area contributed by atoms with Crippen LogP contribution >= 0.6 is 0 Å². The molecule has 2 aromatic carbocycles. The highest BCUT2D eigenvalue weighted by Gasteiger charge is 2.22. The SMILES string of the molecule is COC(=O)[C@@H](Cc1ccccc1)NC(=O)c1cccc(CS(C)(=O)=O)c1. The molecule has 0 aliphatic carbocycles. The summed E-state index contributed by atoms with van der Waals surface area (Å²) >= 11 is 0. The van der Waals surface area contributed by atoms with E-state index in [0.717, 1.165) is 11.8 Å². The molecule has 0 heterocycles. The van der Waals surface area contributed by atoms with Gasteiger partial charge in [-0.2, -0.15) is 0 Å². The van der Waals surface area contributed by atoms with Gasteiger partial charge in [0.1, 0.15) is 6.04 Å². The highest BCUT2D eigenvalue weighted by Crippen LogP contribution is 2.10. The van der Waals surface area contributed by atoms with E-state index in [1.54, 1.807) is 18.2 Å². The van der Waals surface area contributed by atoms with Crippen molar-refractivity contribution in [3.63, 3.8) is 0 Å². The minimum absolute atomic E-state index is 0.154. The fourth-order valence-electron chi connectivity index (χ4n) is 2.53. The van der Waals surface area contributed by atoms with Gasteiger partial charge in [0, 0.05) is 18.2 Å². The van der Waals surface area contributed by atoms with Crippen LogP contribution in [0.15, 0.2) is 54.6 Å². The second-order valence-electron chi connectivity index (χ2n) is 6.01. The Morgan fingerprint density at radius 2 is 1.69 bits per heavy atom. The van der Waals surface area contributed by atoms with Gasteiger partial charge in [-0.05, 0) is 23.3 Å². The molecule has 1 atom stereocenters. The first-order valence-electron chi connectivity index (χ1n) is 7.98. The molecular formula is C19H21NO5S. The fraction of sp³-hybridized carbons (Fsp3) is 0.263. The number of ether oxygens (including phenoxy) is 1. The molecule has 2 aromatic rings. The molecule has 1 amide bonds. The van der Waals surface area contributed by atoms with Crippen molar-refractivity contribution in [1.29, 1.82) is 0 Å². The summed E-state index contributed by atoms with van der Waals surface area (Å²) < 4.78 is 27.6. The third-order valence-corrected chi connectivity index (χ3v) is 4.55. The standard InChI is InChI=1S/C19H21NO5S/c1-25-19(22)17(12-14-7-4-3-5-8-14)20-18(21)16-10-6-9-15(11-16)13-26(2,23)24/h3-11,17H,12-13H2,1-2H3,(H,20,21)/t17-/m1/s1. The summed E-state index contributed by atoms with van der Waals surface area (Å²) in [4.78, 5) is 24.5. The predicted molar refractivity (Wildman–Crippen MR) is 98.4 cm³/mol. The molecule has 0 aromatic heterocycles. The third kappa shape index (κ3) is 6.00. The number of carbonyl (C=O) groups excluding carboxylic acids is 2. The summed E-state index contributed by atoms with van der Waals surface area (Å²) in [5, 5.41) is 2.66. The molecule has 0 spiro atoms. The van der Waals surface area contributed by atoms with Crippen LogP contribution in [0.3, 0.4) is 0 Å². The average molecular weight is 375 g/mol. The number of methoxy groups -OCH3 is 1. The van der Waals surface area contributed by atoms with Crippen molar-refractivity contribution in [2.45, 2.75) is 18.2 Å². The Hall–Kier alpha value is -2.67. The van der Waals surface area contributed by atoms with Gasteiger partial charge in [0.15, 0.2) is 9.84 Å². The van der Waals surface area contributed by atoms with Gasteiger partial charge in [-0.3, -0.25) is 4.79 Å². The molecule has 1 N–H and O–H groups in total. The first-order valence-corrected chi connectivity index (χ1v) is 10.0. The number of rotatable bonds is 7. The minimum atomic E-state index is -3.21. The number of esters is 1. The molecule has 0 bridgehead atoms. The molecule has 0 unspecified atom stereocenters.